The van der Waals surface area contributed by atoms with Gasteiger partial charge in [-0.05, 0) is 198 Å². The van der Waals surface area contributed by atoms with E-state index in [1.54, 1.807) is 0 Å². The lowest BCUT2D eigenvalue weighted by molar-refractivity contribution is 1.24. The van der Waals surface area contributed by atoms with Gasteiger partial charge in [-0.2, -0.15) is 0 Å². The molecule has 3 aromatic heterocycles. The maximum Gasteiger partial charge on any atom is 0.0738 e. The van der Waals surface area contributed by atoms with E-state index in [0.717, 1.165) is 66.8 Å². The van der Waals surface area contributed by atoms with Crippen molar-refractivity contribution in [2.75, 3.05) is 0 Å². The minimum absolute atomic E-state index is 0.0909. The summed E-state index contributed by atoms with van der Waals surface area (Å²) in [5, 5.41) is 0. The summed E-state index contributed by atoms with van der Waals surface area (Å²) in [5.74, 6) is 0. The standard InChI is InChI=1S/C56H54N4/c1-29-21-33(5)49(34(6)22-29)53-41-13-15-43(57-41)54(50-35(7)23-30(2)24-36(50)8)45-17-19-47(59-45)56(52-39(11)27-32(4)28-40(52)12)48-20-18-46(60-48)55(44-16-14-42(53)58-44)51-37(9)25-31(3)26-38(51)10/h13-28,57-58H,1-12H3/i13D,14D,15D,16D,17D,18D,19D,20D. The Morgan fingerprint density at radius 3 is 0.800 bits per heavy atom. The summed E-state index contributed by atoms with van der Waals surface area (Å²) in [7, 11) is 0. The lowest BCUT2D eigenvalue weighted by Crippen LogP contribution is -1.97. The second-order valence-electron chi connectivity index (χ2n) is 17.0. The van der Waals surface area contributed by atoms with Crippen LogP contribution in [0.15, 0.2) is 72.7 Å². The Bertz CT molecular complexity index is 3410. The number of aromatic amines is 2. The highest BCUT2D eigenvalue weighted by Crippen LogP contribution is 2.43. The van der Waals surface area contributed by atoms with Gasteiger partial charge in [-0.15, -0.1) is 0 Å². The molecule has 2 aliphatic rings. The molecule has 0 atom stereocenters. The number of H-pyrrole nitrogens is 2. The molecule has 0 radical (unpaired) electrons. The van der Waals surface area contributed by atoms with Gasteiger partial charge < -0.3 is 9.97 Å². The Balaban J connectivity index is 1.70. The number of nitrogens with one attached hydrogen (secondary N) is 2. The van der Waals surface area contributed by atoms with Gasteiger partial charge >= 0.3 is 0 Å². The van der Waals surface area contributed by atoms with Gasteiger partial charge in [-0.1, -0.05) is 70.8 Å². The van der Waals surface area contributed by atoms with Crippen molar-refractivity contribution < 1.29 is 11.0 Å². The van der Waals surface area contributed by atoms with Crippen LogP contribution in [0.2, 0.25) is 0 Å². The topological polar surface area (TPSA) is 57.4 Å². The SMILES string of the molecule is [2H]C1=C([2H])c2nc1c(-c1c(C)cc(C)cc1C)c1nc(c(-c3c(C)cc(C)cc3C)c3[nH]c(c([2H])c3[2H])c(-c3c(C)cc(C)cc3C)c3[nH]c(c([2H])c3[2H])c2-c2c(C)cc(C)cc2C)C([2H])=C1[2H]. The van der Waals surface area contributed by atoms with E-state index in [1.165, 1.54) is 0 Å². The molecule has 0 spiro atoms. The molecule has 4 nitrogen and oxygen atoms in total. The highest BCUT2D eigenvalue weighted by molar-refractivity contribution is 6.02. The average Bonchev–Trinajstić information content (AvgIpc) is 3.90. The smallest absolute Gasteiger partial charge is 0.0738 e. The van der Waals surface area contributed by atoms with Crippen molar-refractivity contribution in [1.29, 1.82) is 0 Å². The zero-order valence-corrected chi connectivity index (χ0v) is 36.5. The van der Waals surface area contributed by atoms with Crippen LogP contribution in [-0.4, -0.2) is 19.9 Å². The Morgan fingerprint density at radius 1 is 0.300 bits per heavy atom. The first-order valence-electron chi connectivity index (χ1n) is 24.5. The van der Waals surface area contributed by atoms with Crippen molar-refractivity contribution in [3.63, 3.8) is 0 Å². The van der Waals surface area contributed by atoms with Crippen LogP contribution in [-0.2, 0) is 0 Å². The predicted octanol–water partition coefficient (Wildman–Crippen LogP) is 15.0. The number of hydrogen-bond donors (Lipinski definition) is 2. The third kappa shape index (κ3) is 6.55. The first kappa shape index (κ1) is 30.5. The summed E-state index contributed by atoms with van der Waals surface area (Å²) in [6, 6.07) is 14.7. The van der Waals surface area contributed by atoms with Crippen LogP contribution in [0.4, 0.5) is 0 Å². The van der Waals surface area contributed by atoms with Crippen molar-refractivity contribution in [3.8, 4) is 44.5 Å². The van der Waals surface area contributed by atoms with E-state index in [1.807, 2.05) is 132 Å². The van der Waals surface area contributed by atoms with Gasteiger partial charge in [0.25, 0.3) is 0 Å². The summed E-state index contributed by atoms with van der Waals surface area (Å²) in [5.41, 5.74) is 16.2. The Morgan fingerprint density at radius 2 is 0.517 bits per heavy atom. The lowest BCUT2D eigenvalue weighted by Gasteiger charge is -2.15. The highest BCUT2D eigenvalue weighted by Gasteiger charge is 2.24. The molecule has 0 saturated carbocycles. The molecule has 9 rings (SSSR count). The number of nitrogens with zero attached hydrogens (tertiary/aromatic N) is 2. The quantitative estimate of drug-likeness (QED) is 0.187. The number of aromatic nitrogens is 4. The Hall–Kier alpha value is -6.52. The minimum atomic E-state index is -0.216. The number of hydrogen-bond acceptors (Lipinski definition) is 2. The molecule has 60 heavy (non-hydrogen) atoms. The highest BCUT2D eigenvalue weighted by atomic mass is 14.8. The van der Waals surface area contributed by atoms with Gasteiger partial charge in [0.1, 0.15) is 0 Å². The lowest BCUT2D eigenvalue weighted by atomic mass is 9.92. The maximum absolute atomic E-state index is 9.86. The van der Waals surface area contributed by atoms with Crippen LogP contribution in [0.25, 0.3) is 90.8 Å². The molecule has 7 aromatic rings. The van der Waals surface area contributed by atoms with Crippen molar-refractivity contribution in [2.24, 2.45) is 0 Å². The molecule has 298 valence electrons. The van der Waals surface area contributed by atoms with E-state index in [4.69, 9.17) is 9.97 Å². The van der Waals surface area contributed by atoms with Gasteiger partial charge in [-0.3, -0.25) is 0 Å². The average molecular weight is 791 g/mol. The van der Waals surface area contributed by atoms with E-state index < -0.39 is 0 Å². The van der Waals surface area contributed by atoms with Gasteiger partial charge in [0, 0.05) is 44.3 Å². The second kappa shape index (κ2) is 14.6. The van der Waals surface area contributed by atoms with Crippen LogP contribution in [0.1, 0.15) is 101 Å². The van der Waals surface area contributed by atoms with E-state index in [2.05, 4.69) is 9.97 Å². The Labute approximate surface area is 366 Å². The molecule has 0 fully saturated rings. The summed E-state index contributed by atoms with van der Waals surface area (Å²) < 4.78 is 78.8. The van der Waals surface area contributed by atoms with Gasteiger partial charge in [0.05, 0.1) is 33.7 Å². The fraction of sp³-hybridized carbons (Fsp3) is 0.214. The van der Waals surface area contributed by atoms with Crippen LogP contribution in [0, 0.1) is 83.1 Å². The first-order chi connectivity index (χ1) is 32.0. The summed E-state index contributed by atoms with van der Waals surface area (Å²) in [4.78, 5) is 17.6. The number of aryl methyl sites for hydroxylation is 12. The summed E-state index contributed by atoms with van der Waals surface area (Å²) in [6.07, 6.45) is 0. The zero-order valence-electron chi connectivity index (χ0n) is 44.5. The van der Waals surface area contributed by atoms with Crippen LogP contribution in [0.5, 0.6) is 0 Å². The van der Waals surface area contributed by atoms with E-state index >= 15 is 0 Å². The number of rotatable bonds is 4. The molecule has 4 heteroatoms. The van der Waals surface area contributed by atoms with E-state index in [0.29, 0.717) is 44.5 Å². The molecule has 8 bridgehead atoms. The molecule has 0 saturated heterocycles. The fourth-order valence-corrected chi connectivity index (χ4v) is 9.92. The van der Waals surface area contributed by atoms with Crippen LogP contribution >= 0.6 is 0 Å². The molecule has 0 unspecified atom stereocenters. The Kier molecular flexibility index (Phi) is 7.44. The molecule has 5 heterocycles. The minimum Gasteiger partial charge on any atom is -0.354 e. The van der Waals surface area contributed by atoms with Gasteiger partial charge in [0.15, 0.2) is 0 Å². The fourth-order valence-electron chi connectivity index (χ4n) is 9.92. The van der Waals surface area contributed by atoms with Crippen molar-refractivity contribution >= 4 is 46.3 Å². The van der Waals surface area contributed by atoms with Crippen molar-refractivity contribution in [1.82, 2.24) is 19.9 Å². The van der Waals surface area contributed by atoms with E-state index in [9.17, 15) is 11.0 Å². The molecule has 2 N–H and O–H groups in total. The maximum atomic E-state index is 9.86. The zero-order chi connectivity index (χ0) is 49.3. The van der Waals surface area contributed by atoms with Crippen molar-refractivity contribution in [2.45, 2.75) is 83.1 Å². The van der Waals surface area contributed by atoms with E-state index in [-0.39, 0.29) is 93.2 Å². The number of benzene rings is 4. The first-order valence-corrected chi connectivity index (χ1v) is 20.5. The van der Waals surface area contributed by atoms with Crippen molar-refractivity contribution in [3.05, 3.63) is 162 Å². The molecule has 4 aromatic carbocycles. The molecule has 0 amide bonds. The third-order valence-corrected chi connectivity index (χ3v) is 11.8. The second-order valence-corrected chi connectivity index (χ2v) is 17.0. The monoisotopic (exact) mass is 790 g/mol. The normalized spacial score (nSPS) is 14.7. The summed E-state index contributed by atoms with van der Waals surface area (Å²) >= 11 is 0. The van der Waals surface area contributed by atoms with Crippen LogP contribution in [0.3, 0.4) is 0 Å². The predicted molar refractivity (Wildman–Crippen MR) is 257 cm³/mol. The third-order valence-electron chi connectivity index (χ3n) is 11.8. The number of fused-ring (bicyclic) bond motifs is 8. The molecular weight excluding hydrogens is 729 g/mol. The molecule has 2 aliphatic heterocycles. The van der Waals surface area contributed by atoms with Crippen LogP contribution < -0.4 is 0 Å². The van der Waals surface area contributed by atoms with Gasteiger partial charge in [0.2, 0.25) is 0 Å². The summed E-state index contributed by atoms with van der Waals surface area (Å²) in [6.45, 7) is 23.7. The van der Waals surface area contributed by atoms with Gasteiger partial charge in [-0.25, -0.2) is 9.97 Å². The largest absolute Gasteiger partial charge is 0.354 e. The molecule has 0 aliphatic carbocycles. The molecular formula is C56H54N4.